The van der Waals surface area contributed by atoms with E-state index in [2.05, 4.69) is 176 Å². The average Bonchev–Trinajstić information content (AvgIpc) is 3.90. The fourth-order valence-electron chi connectivity index (χ4n) is 10.2. The summed E-state index contributed by atoms with van der Waals surface area (Å²) in [6, 6.07) is 67.3. The molecule has 1 nitrogen and oxygen atoms in total. The van der Waals surface area contributed by atoms with Gasteiger partial charge in [0.2, 0.25) is 0 Å². The molecule has 0 unspecified atom stereocenters. The Bertz CT molecular complexity index is 3680. The minimum Gasteiger partial charge on any atom is -0.456 e. The van der Waals surface area contributed by atoms with E-state index in [-0.39, 0.29) is 0 Å². The van der Waals surface area contributed by atoms with E-state index in [4.69, 9.17) is 4.42 Å². The monoisotopic (exact) mass is 694 g/mol. The molecule has 0 amide bonds. The Morgan fingerprint density at radius 3 is 1.56 bits per heavy atom. The first-order valence-electron chi connectivity index (χ1n) is 19.1. The number of benzene rings is 10. The predicted molar refractivity (Wildman–Crippen MR) is 235 cm³/mol. The van der Waals surface area contributed by atoms with E-state index in [1.165, 1.54) is 109 Å². The molecule has 1 heteroatoms. The van der Waals surface area contributed by atoms with Crippen molar-refractivity contribution in [2.45, 2.75) is 0 Å². The van der Waals surface area contributed by atoms with Crippen molar-refractivity contribution in [1.29, 1.82) is 0 Å². The molecule has 0 aliphatic rings. The number of para-hydroxylation sites is 1. The summed E-state index contributed by atoms with van der Waals surface area (Å²) in [5.41, 5.74) is 9.35. The Morgan fingerprint density at radius 2 is 0.782 bits per heavy atom. The second kappa shape index (κ2) is 10.7. The molecule has 0 N–H and O–H groups in total. The Balaban J connectivity index is 1.26. The fraction of sp³-hybridized carbons (Fsp3) is 0. The van der Waals surface area contributed by atoms with E-state index in [9.17, 15) is 0 Å². The van der Waals surface area contributed by atoms with Crippen LogP contribution in [-0.4, -0.2) is 0 Å². The number of furan rings is 1. The molecule has 0 radical (unpaired) electrons. The highest BCUT2D eigenvalue weighted by molar-refractivity contribution is 6.45. The van der Waals surface area contributed by atoms with Gasteiger partial charge in [0.25, 0.3) is 0 Å². The highest BCUT2D eigenvalue weighted by Crippen LogP contribution is 2.55. The minimum atomic E-state index is 0.917. The van der Waals surface area contributed by atoms with Gasteiger partial charge in [-0.05, 0) is 133 Å². The molecule has 252 valence electrons. The Kier molecular flexibility index (Phi) is 5.69. The van der Waals surface area contributed by atoms with Gasteiger partial charge in [-0.25, -0.2) is 0 Å². The van der Waals surface area contributed by atoms with Crippen molar-refractivity contribution >= 4 is 97.3 Å². The van der Waals surface area contributed by atoms with Crippen LogP contribution >= 0.6 is 0 Å². The van der Waals surface area contributed by atoms with Crippen LogP contribution in [-0.2, 0) is 0 Å². The van der Waals surface area contributed by atoms with Gasteiger partial charge in [-0.1, -0.05) is 158 Å². The van der Waals surface area contributed by atoms with Gasteiger partial charge in [-0.3, -0.25) is 0 Å². The normalized spacial score (nSPS) is 12.4. The van der Waals surface area contributed by atoms with Gasteiger partial charge in [0.15, 0.2) is 0 Å². The molecule has 0 aliphatic carbocycles. The van der Waals surface area contributed by atoms with E-state index in [0.717, 1.165) is 21.9 Å². The van der Waals surface area contributed by atoms with Crippen LogP contribution in [0.25, 0.3) is 131 Å². The lowest BCUT2D eigenvalue weighted by Gasteiger charge is -2.19. The molecule has 0 atom stereocenters. The van der Waals surface area contributed by atoms with Gasteiger partial charge in [-0.15, -0.1) is 0 Å². The number of fused-ring (bicyclic) bond motifs is 11. The second-order valence-corrected chi connectivity index (χ2v) is 15.1. The Morgan fingerprint density at radius 1 is 0.236 bits per heavy atom. The maximum Gasteiger partial charge on any atom is 0.135 e. The lowest BCUT2D eigenvalue weighted by Crippen LogP contribution is -1.91. The van der Waals surface area contributed by atoms with Gasteiger partial charge < -0.3 is 4.42 Å². The molecule has 0 fully saturated rings. The Labute approximate surface area is 315 Å². The molecule has 13 rings (SSSR count). The van der Waals surface area contributed by atoms with Gasteiger partial charge in [0.1, 0.15) is 11.2 Å². The quantitative estimate of drug-likeness (QED) is 0.168. The second-order valence-electron chi connectivity index (χ2n) is 15.1. The van der Waals surface area contributed by atoms with Crippen LogP contribution in [0.4, 0.5) is 0 Å². The average molecular weight is 695 g/mol. The van der Waals surface area contributed by atoms with Crippen molar-refractivity contribution in [3.63, 3.8) is 0 Å². The zero-order valence-electron chi connectivity index (χ0n) is 29.7. The molecule has 0 saturated carbocycles. The zero-order chi connectivity index (χ0) is 35.8. The first-order chi connectivity index (χ1) is 27.3. The van der Waals surface area contributed by atoms with Crippen LogP contribution in [0.1, 0.15) is 0 Å². The maximum atomic E-state index is 6.24. The first-order valence-corrected chi connectivity index (χ1v) is 19.1. The molecule has 0 saturated heterocycles. The molecule has 12 aromatic carbocycles. The van der Waals surface area contributed by atoms with Crippen molar-refractivity contribution in [2.75, 3.05) is 0 Å². The molecule has 13 aromatic rings. The van der Waals surface area contributed by atoms with Crippen molar-refractivity contribution in [3.8, 4) is 33.4 Å². The van der Waals surface area contributed by atoms with Crippen LogP contribution in [0.3, 0.4) is 0 Å². The van der Waals surface area contributed by atoms with E-state index in [1.54, 1.807) is 0 Å². The lowest BCUT2D eigenvalue weighted by molar-refractivity contribution is 0.669. The summed E-state index contributed by atoms with van der Waals surface area (Å²) in [6.45, 7) is 0. The van der Waals surface area contributed by atoms with Crippen molar-refractivity contribution in [1.82, 2.24) is 0 Å². The maximum absolute atomic E-state index is 6.24. The number of hydrogen-bond donors (Lipinski definition) is 0. The van der Waals surface area contributed by atoms with Crippen LogP contribution < -0.4 is 0 Å². The van der Waals surface area contributed by atoms with Crippen LogP contribution in [0.2, 0.25) is 0 Å². The molecular weight excluding hydrogens is 665 g/mol. The topological polar surface area (TPSA) is 13.1 Å². The molecule has 0 spiro atoms. The molecule has 1 heterocycles. The van der Waals surface area contributed by atoms with E-state index in [0.29, 0.717) is 0 Å². The molecule has 0 bridgehead atoms. The van der Waals surface area contributed by atoms with Crippen molar-refractivity contribution < 1.29 is 4.42 Å². The predicted octanol–water partition coefficient (Wildman–Crippen LogP) is 15.5. The summed E-state index contributed by atoms with van der Waals surface area (Å²) in [4.78, 5) is 0. The number of hydrogen-bond acceptors (Lipinski definition) is 1. The summed E-state index contributed by atoms with van der Waals surface area (Å²) in [7, 11) is 0. The SMILES string of the molecule is c1ccc(-c2c3cc4c5ccccc5c5cccc(c3c(-c3ccccc3)c3c6cccc7c(-c8ccc9oc%10ccccc%10c9c8)ccc(c23)c76)c54)cc1. The molecule has 55 heavy (non-hydrogen) atoms. The first kappa shape index (κ1) is 29.3. The summed E-state index contributed by atoms with van der Waals surface area (Å²) in [5.74, 6) is 0. The molecule has 0 aliphatic heterocycles. The zero-order valence-corrected chi connectivity index (χ0v) is 29.7. The largest absolute Gasteiger partial charge is 0.456 e. The van der Waals surface area contributed by atoms with Crippen LogP contribution in [0.5, 0.6) is 0 Å². The van der Waals surface area contributed by atoms with Crippen LogP contribution in [0, 0.1) is 0 Å². The van der Waals surface area contributed by atoms with Gasteiger partial charge in [0, 0.05) is 10.8 Å². The highest BCUT2D eigenvalue weighted by Gasteiger charge is 2.27. The van der Waals surface area contributed by atoms with Crippen molar-refractivity contribution in [2.24, 2.45) is 0 Å². The fourth-order valence-corrected chi connectivity index (χ4v) is 10.2. The third-order valence-electron chi connectivity index (χ3n) is 12.3. The standard InChI is InChI=1S/C54H30O/c1-3-13-31(14-4-1)48-45-30-44-36-18-8-7-17-35(36)39-21-12-22-40(51(39)44)52(45)49(32-15-5-2-6-16-32)54-41-23-11-20-38-34(26-27-42(50(38)41)53(48)54)33-25-28-47-43(29-33)37-19-9-10-24-46(37)55-47/h1-30H. The van der Waals surface area contributed by atoms with Crippen LogP contribution in [0.15, 0.2) is 186 Å². The van der Waals surface area contributed by atoms with E-state index in [1.807, 2.05) is 6.07 Å². The minimum absolute atomic E-state index is 0.917. The smallest absolute Gasteiger partial charge is 0.135 e. The highest BCUT2D eigenvalue weighted by atomic mass is 16.3. The summed E-state index contributed by atoms with van der Waals surface area (Å²) in [6.07, 6.45) is 0. The molecular formula is C54H30O. The third-order valence-corrected chi connectivity index (χ3v) is 12.3. The van der Waals surface area contributed by atoms with Gasteiger partial charge in [0.05, 0.1) is 0 Å². The summed E-state index contributed by atoms with van der Waals surface area (Å²) < 4.78 is 6.24. The van der Waals surface area contributed by atoms with Crippen molar-refractivity contribution in [3.05, 3.63) is 182 Å². The summed E-state index contributed by atoms with van der Waals surface area (Å²) >= 11 is 0. The van der Waals surface area contributed by atoms with E-state index >= 15 is 0 Å². The Hall–Kier alpha value is -7.22. The number of rotatable bonds is 3. The summed E-state index contributed by atoms with van der Waals surface area (Å²) in [5, 5.41) is 20.7. The van der Waals surface area contributed by atoms with Gasteiger partial charge >= 0.3 is 0 Å². The van der Waals surface area contributed by atoms with E-state index < -0.39 is 0 Å². The lowest BCUT2D eigenvalue weighted by atomic mass is 9.84. The van der Waals surface area contributed by atoms with Gasteiger partial charge in [-0.2, -0.15) is 0 Å². The molecule has 1 aromatic heterocycles. The third kappa shape index (κ3) is 3.82.